The van der Waals surface area contributed by atoms with Crippen molar-refractivity contribution in [3.8, 4) is 11.4 Å². The topological polar surface area (TPSA) is 118 Å². The molecule has 0 spiro atoms. The van der Waals surface area contributed by atoms with E-state index in [-0.39, 0.29) is 24.7 Å². The van der Waals surface area contributed by atoms with Crippen molar-refractivity contribution in [1.29, 1.82) is 0 Å². The molecule has 0 aliphatic heterocycles. The lowest BCUT2D eigenvalue weighted by molar-refractivity contribution is -0.142. The van der Waals surface area contributed by atoms with Gasteiger partial charge in [-0.1, -0.05) is 19.0 Å². The van der Waals surface area contributed by atoms with Gasteiger partial charge < -0.3 is 14.9 Å². The van der Waals surface area contributed by atoms with Crippen LogP contribution in [0.2, 0.25) is 0 Å². The van der Waals surface area contributed by atoms with Crippen molar-refractivity contribution in [3.05, 3.63) is 30.4 Å². The summed E-state index contributed by atoms with van der Waals surface area (Å²) in [4.78, 5) is 31.2. The maximum absolute atomic E-state index is 11.9. The predicted molar refractivity (Wildman–Crippen MR) is 84.9 cm³/mol. The molecule has 2 aromatic heterocycles. The number of nitrogens with one attached hydrogen (secondary N) is 1. The van der Waals surface area contributed by atoms with Crippen molar-refractivity contribution in [1.82, 2.24) is 20.4 Å². The van der Waals surface area contributed by atoms with Crippen molar-refractivity contribution in [2.75, 3.05) is 0 Å². The van der Waals surface area contributed by atoms with Crippen LogP contribution in [0.3, 0.4) is 0 Å². The van der Waals surface area contributed by atoms with Gasteiger partial charge in [0, 0.05) is 30.8 Å². The van der Waals surface area contributed by atoms with Gasteiger partial charge in [0.1, 0.15) is 6.04 Å². The second kappa shape index (κ2) is 8.19. The van der Waals surface area contributed by atoms with E-state index in [1.807, 2.05) is 13.8 Å². The first-order valence-corrected chi connectivity index (χ1v) is 7.71. The third kappa shape index (κ3) is 5.15. The molecule has 1 atom stereocenters. The maximum Gasteiger partial charge on any atom is 0.326 e. The summed E-state index contributed by atoms with van der Waals surface area (Å²) in [6, 6.07) is 2.63. The molecular formula is C16H20N4O4. The van der Waals surface area contributed by atoms with E-state index >= 15 is 0 Å². The van der Waals surface area contributed by atoms with Crippen molar-refractivity contribution < 1.29 is 19.2 Å². The molecule has 0 aliphatic rings. The van der Waals surface area contributed by atoms with Crippen LogP contribution >= 0.6 is 0 Å². The number of carbonyl (C=O) groups excluding carboxylic acids is 1. The zero-order chi connectivity index (χ0) is 17.5. The number of aromatic nitrogens is 3. The Kier molecular flexibility index (Phi) is 6.00. The number of amides is 1. The Morgan fingerprint density at radius 3 is 2.62 bits per heavy atom. The number of nitrogens with zero attached hydrogens (tertiary/aromatic N) is 3. The smallest absolute Gasteiger partial charge is 0.326 e. The number of hydrogen-bond acceptors (Lipinski definition) is 6. The molecule has 8 nitrogen and oxygen atoms in total. The fourth-order valence-corrected chi connectivity index (χ4v) is 2.15. The number of rotatable bonds is 8. The number of hydrogen-bond donors (Lipinski definition) is 2. The van der Waals surface area contributed by atoms with Crippen molar-refractivity contribution in [3.63, 3.8) is 0 Å². The fourth-order valence-electron chi connectivity index (χ4n) is 2.15. The third-order valence-electron chi connectivity index (χ3n) is 3.31. The Bertz CT molecular complexity index is 684. The molecule has 128 valence electrons. The molecule has 0 saturated heterocycles. The number of pyridine rings is 1. The van der Waals surface area contributed by atoms with Gasteiger partial charge in [-0.3, -0.25) is 9.78 Å². The van der Waals surface area contributed by atoms with Crippen LogP contribution in [0, 0.1) is 5.92 Å². The minimum Gasteiger partial charge on any atom is -0.480 e. The van der Waals surface area contributed by atoms with Gasteiger partial charge in [-0.25, -0.2) is 4.79 Å². The highest BCUT2D eigenvalue weighted by Gasteiger charge is 2.21. The van der Waals surface area contributed by atoms with Crippen LogP contribution in [0.15, 0.2) is 29.0 Å². The predicted octanol–water partition coefficient (Wildman–Crippen LogP) is 1.68. The lowest BCUT2D eigenvalue weighted by atomic mass is 10.0. The molecule has 2 aromatic rings. The number of carboxylic acid groups (broad SMARTS) is 1. The van der Waals surface area contributed by atoms with E-state index in [2.05, 4.69) is 20.4 Å². The van der Waals surface area contributed by atoms with E-state index in [4.69, 9.17) is 9.63 Å². The number of aryl methyl sites for hydroxylation is 1. The standard InChI is InChI=1S/C16H20N4O4/c1-10(2)9-12(16(22)23)18-13(21)3-4-14-19-15(20-24-14)11-5-7-17-8-6-11/h5-8,10,12H,3-4,9H2,1-2H3,(H,18,21)(H,22,23). The van der Waals surface area contributed by atoms with Gasteiger partial charge in [-0.05, 0) is 24.5 Å². The van der Waals surface area contributed by atoms with Crippen LogP contribution < -0.4 is 5.32 Å². The van der Waals surface area contributed by atoms with Crippen LogP contribution in [-0.4, -0.2) is 38.1 Å². The van der Waals surface area contributed by atoms with Crippen LogP contribution in [0.1, 0.15) is 32.6 Å². The van der Waals surface area contributed by atoms with Gasteiger partial charge in [-0.2, -0.15) is 4.98 Å². The first-order chi connectivity index (χ1) is 11.5. The van der Waals surface area contributed by atoms with E-state index in [1.54, 1.807) is 24.5 Å². The molecule has 0 aromatic carbocycles. The largest absolute Gasteiger partial charge is 0.480 e. The summed E-state index contributed by atoms with van der Waals surface area (Å²) < 4.78 is 5.11. The summed E-state index contributed by atoms with van der Waals surface area (Å²) in [5.41, 5.74) is 0.771. The fraction of sp³-hybridized carbons (Fsp3) is 0.438. The van der Waals surface area contributed by atoms with E-state index < -0.39 is 12.0 Å². The molecule has 0 aliphatic carbocycles. The molecule has 0 radical (unpaired) electrons. The van der Waals surface area contributed by atoms with E-state index in [9.17, 15) is 9.59 Å². The van der Waals surface area contributed by atoms with Gasteiger partial charge in [0.15, 0.2) is 0 Å². The highest BCUT2D eigenvalue weighted by Crippen LogP contribution is 2.14. The zero-order valence-corrected chi connectivity index (χ0v) is 13.6. The monoisotopic (exact) mass is 332 g/mol. The van der Waals surface area contributed by atoms with Crippen LogP contribution in [0.25, 0.3) is 11.4 Å². The summed E-state index contributed by atoms with van der Waals surface area (Å²) >= 11 is 0. The minimum atomic E-state index is -1.03. The second-order valence-electron chi connectivity index (χ2n) is 5.84. The molecule has 24 heavy (non-hydrogen) atoms. The van der Waals surface area contributed by atoms with Crippen molar-refractivity contribution in [2.45, 2.75) is 39.2 Å². The molecule has 2 heterocycles. The average Bonchev–Trinajstić information content (AvgIpc) is 3.01. The van der Waals surface area contributed by atoms with E-state index in [0.29, 0.717) is 18.1 Å². The summed E-state index contributed by atoms with van der Waals surface area (Å²) in [5, 5.41) is 15.5. The Morgan fingerprint density at radius 1 is 1.29 bits per heavy atom. The van der Waals surface area contributed by atoms with E-state index in [1.165, 1.54) is 0 Å². The molecule has 1 amide bonds. The van der Waals surface area contributed by atoms with Crippen LogP contribution in [0.5, 0.6) is 0 Å². The molecular weight excluding hydrogens is 312 g/mol. The van der Waals surface area contributed by atoms with Gasteiger partial charge in [0.2, 0.25) is 17.6 Å². The SMILES string of the molecule is CC(C)CC(NC(=O)CCc1nc(-c2ccncc2)no1)C(=O)O. The molecule has 8 heteroatoms. The Balaban J connectivity index is 1.88. The van der Waals surface area contributed by atoms with Gasteiger partial charge in [-0.15, -0.1) is 0 Å². The van der Waals surface area contributed by atoms with Crippen molar-refractivity contribution >= 4 is 11.9 Å². The lowest BCUT2D eigenvalue weighted by Crippen LogP contribution is -2.41. The quantitative estimate of drug-likeness (QED) is 0.755. The second-order valence-corrected chi connectivity index (χ2v) is 5.84. The maximum atomic E-state index is 11.9. The number of aliphatic carboxylic acids is 1. The summed E-state index contributed by atoms with van der Waals surface area (Å²) in [6.07, 6.45) is 3.96. The summed E-state index contributed by atoms with van der Waals surface area (Å²) in [5.74, 6) is -0.462. The molecule has 0 saturated carbocycles. The van der Waals surface area contributed by atoms with Gasteiger partial charge in [0.05, 0.1) is 0 Å². The molecule has 2 N–H and O–H groups in total. The lowest BCUT2D eigenvalue weighted by Gasteiger charge is -2.16. The first kappa shape index (κ1) is 17.6. The number of carboxylic acids is 1. The van der Waals surface area contributed by atoms with E-state index in [0.717, 1.165) is 5.56 Å². The highest BCUT2D eigenvalue weighted by atomic mass is 16.5. The average molecular weight is 332 g/mol. The highest BCUT2D eigenvalue weighted by molar-refractivity contribution is 5.83. The van der Waals surface area contributed by atoms with Crippen LogP contribution in [0.4, 0.5) is 0 Å². The molecule has 0 bridgehead atoms. The molecule has 2 rings (SSSR count). The van der Waals surface area contributed by atoms with Crippen LogP contribution in [-0.2, 0) is 16.0 Å². The first-order valence-electron chi connectivity index (χ1n) is 7.71. The number of carbonyl (C=O) groups is 2. The van der Waals surface area contributed by atoms with Crippen molar-refractivity contribution in [2.24, 2.45) is 5.92 Å². The third-order valence-corrected chi connectivity index (χ3v) is 3.31. The Morgan fingerprint density at radius 2 is 2.00 bits per heavy atom. The normalized spacial score (nSPS) is 12.1. The molecule has 0 fully saturated rings. The zero-order valence-electron chi connectivity index (χ0n) is 13.6. The molecule has 1 unspecified atom stereocenters. The van der Waals surface area contributed by atoms with Gasteiger partial charge >= 0.3 is 5.97 Å². The summed E-state index contributed by atoms with van der Waals surface area (Å²) in [6.45, 7) is 3.81. The van der Waals surface area contributed by atoms with Gasteiger partial charge in [0.25, 0.3) is 0 Å². The summed E-state index contributed by atoms with van der Waals surface area (Å²) in [7, 11) is 0. The Hall–Kier alpha value is -2.77. The Labute approximate surface area is 139 Å². The minimum absolute atomic E-state index is 0.0832.